The zero-order valence-corrected chi connectivity index (χ0v) is 19.4. The zero-order valence-electron chi connectivity index (χ0n) is 19.4. The molecule has 2 atom stereocenters. The number of rotatable bonds is 10. The van der Waals surface area contributed by atoms with Crippen LogP contribution in [0.4, 0.5) is 8.78 Å². The van der Waals surface area contributed by atoms with Gasteiger partial charge in [-0.15, -0.1) is 0 Å². The highest BCUT2D eigenvalue weighted by molar-refractivity contribution is 5.90. The second-order valence-electron chi connectivity index (χ2n) is 8.50. The minimum atomic E-state index is -0.767. The second-order valence-corrected chi connectivity index (χ2v) is 8.50. The van der Waals surface area contributed by atoms with Crippen molar-refractivity contribution >= 4 is 17.0 Å². The number of benzene rings is 3. The lowest BCUT2D eigenvalue weighted by Crippen LogP contribution is -2.46. The normalized spacial score (nSPS) is 13.0. The van der Waals surface area contributed by atoms with Crippen LogP contribution in [0.15, 0.2) is 66.7 Å². The van der Waals surface area contributed by atoms with Crippen molar-refractivity contribution in [2.75, 3.05) is 6.54 Å². The van der Waals surface area contributed by atoms with E-state index in [1.165, 1.54) is 17.7 Å². The number of nitrogens with one attached hydrogen (secondary N) is 2. The Labute approximate surface area is 202 Å². The molecule has 4 N–H and O–H groups in total. The van der Waals surface area contributed by atoms with Gasteiger partial charge >= 0.3 is 5.97 Å². The first-order chi connectivity index (χ1) is 16.9. The molecule has 6 nitrogen and oxygen atoms in total. The molecule has 35 heavy (non-hydrogen) atoms. The molecule has 182 valence electrons. The van der Waals surface area contributed by atoms with Crippen LogP contribution in [0, 0.1) is 11.6 Å². The number of halogens is 2. The number of para-hydroxylation sites is 2. The molecule has 0 fully saturated rings. The number of H-pyrrole nitrogens is 1. The molecule has 0 amide bonds. The number of hydrogen-bond donors (Lipinski definition) is 3. The first-order valence-electron chi connectivity index (χ1n) is 11.6. The monoisotopic (exact) mass is 478 g/mol. The van der Waals surface area contributed by atoms with Gasteiger partial charge in [0, 0.05) is 25.2 Å². The van der Waals surface area contributed by atoms with Crippen LogP contribution in [0.3, 0.4) is 0 Å². The number of aromatic nitrogens is 2. The average molecular weight is 479 g/mol. The van der Waals surface area contributed by atoms with Gasteiger partial charge in [-0.05, 0) is 53.8 Å². The summed E-state index contributed by atoms with van der Waals surface area (Å²) in [5.74, 6) is -1.95. The molecule has 0 saturated carbocycles. The van der Waals surface area contributed by atoms with Gasteiger partial charge in [0.2, 0.25) is 5.82 Å². The van der Waals surface area contributed by atoms with Crippen LogP contribution in [0.2, 0.25) is 0 Å². The summed E-state index contributed by atoms with van der Waals surface area (Å²) in [5.41, 5.74) is 10.4. The predicted octanol–water partition coefficient (Wildman–Crippen LogP) is 4.29. The molecule has 0 aliphatic rings. The number of esters is 1. The van der Waals surface area contributed by atoms with E-state index in [9.17, 15) is 13.6 Å². The van der Waals surface area contributed by atoms with Crippen molar-refractivity contribution in [2.24, 2.45) is 5.73 Å². The summed E-state index contributed by atoms with van der Waals surface area (Å²) in [6.07, 6.45) is 0.289. The second kappa shape index (κ2) is 11.2. The molecule has 0 aliphatic heterocycles. The number of carbonyl (C=O) groups is 1. The van der Waals surface area contributed by atoms with E-state index in [1.54, 1.807) is 6.07 Å². The average Bonchev–Trinajstić information content (AvgIpc) is 3.27. The molecule has 3 aromatic carbocycles. The van der Waals surface area contributed by atoms with Gasteiger partial charge in [0.1, 0.15) is 17.7 Å². The molecule has 1 aromatic heterocycles. The van der Waals surface area contributed by atoms with E-state index in [4.69, 9.17) is 10.5 Å². The lowest BCUT2D eigenvalue weighted by molar-refractivity contribution is 0.0225. The number of aromatic amines is 1. The van der Waals surface area contributed by atoms with E-state index in [0.717, 1.165) is 18.1 Å². The Bertz CT molecular complexity index is 1250. The van der Waals surface area contributed by atoms with Gasteiger partial charge in [0.05, 0.1) is 11.0 Å². The molecule has 0 unspecified atom stereocenters. The molecule has 8 heteroatoms. The maximum Gasteiger partial charge on any atom is 0.374 e. The Morgan fingerprint density at radius 3 is 2.51 bits per heavy atom. The largest absolute Gasteiger partial charge is 0.454 e. The summed E-state index contributed by atoms with van der Waals surface area (Å²) >= 11 is 0. The van der Waals surface area contributed by atoms with Crippen molar-refractivity contribution in [3.05, 3.63) is 101 Å². The molecule has 0 saturated heterocycles. The third kappa shape index (κ3) is 6.49. The minimum Gasteiger partial charge on any atom is -0.454 e. The van der Waals surface area contributed by atoms with Crippen molar-refractivity contribution in [2.45, 2.75) is 38.5 Å². The number of ether oxygens (including phenoxy) is 1. The fourth-order valence-electron chi connectivity index (χ4n) is 3.97. The zero-order chi connectivity index (χ0) is 24.8. The Balaban J connectivity index is 1.48. The summed E-state index contributed by atoms with van der Waals surface area (Å²) in [5, 5.41) is 3.29. The summed E-state index contributed by atoms with van der Waals surface area (Å²) in [6.45, 7) is 2.89. The highest BCUT2D eigenvalue weighted by atomic mass is 19.1. The fraction of sp³-hybridized carbons (Fsp3) is 0.259. The summed E-state index contributed by atoms with van der Waals surface area (Å²) in [4.78, 5) is 20.1. The molecule has 4 aromatic rings. The quantitative estimate of drug-likeness (QED) is 0.296. The lowest BCUT2D eigenvalue weighted by atomic mass is 10.0. The van der Waals surface area contributed by atoms with Crippen LogP contribution in [-0.4, -0.2) is 34.6 Å². The molecular weight excluding hydrogens is 450 g/mol. The Hall–Kier alpha value is -3.62. The number of hydrogen-bond acceptors (Lipinski definition) is 5. The van der Waals surface area contributed by atoms with Gasteiger partial charge in [0.25, 0.3) is 0 Å². The molecule has 0 aliphatic carbocycles. The number of nitrogens with zero attached hydrogens (tertiary/aromatic N) is 1. The van der Waals surface area contributed by atoms with Gasteiger partial charge in [-0.25, -0.2) is 18.6 Å². The molecule has 1 heterocycles. The maximum atomic E-state index is 13.7. The Kier molecular flexibility index (Phi) is 7.84. The molecule has 0 spiro atoms. The third-order valence-electron chi connectivity index (χ3n) is 5.79. The predicted molar refractivity (Wildman–Crippen MR) is 131 cm³/mol. The Morgan fingerprint density at radius 2 is 1.77 bits per heavy atom. The smallest absolute Gasteiger partial charge is 0.374 e. The van der Waals surface area contributed by atoms with Crippen LogP contribution < -0.4 is 11.1 Å². The Morgan fingerprint density at radius 1 is 1.03 bits per heavy atom. The van der Waals surface area contributed by atoms with Crippen molar-refractivity contribution in [1.29, 1.82) is 0 Å². The summed E-state index contributed by atoms with van der Waals surface area (Å²) < 4.78 is 33.1. The van der Waals surface area contributed by atoms with E-state index in [2.05, 4.69) is 34.3 Å². The van der Waals surface area contributed by atoms with E-state index in [1.807, 2.05) is 30.3 Å². The number of imidazole rings is 1. The summed E-state index contributed by atoms with van der Waals surface area (Å²) in [7, 11) is 0. The summed E-state index contributed by atoms with van der Waals surface area (Å²) in [6, 6.07) is 18.0. The van der Waals surface area contributed by atoms with Crippen molar-refractivity contribution in [3.63, 3.8) is 0 Å². The van der Waals surface area contributed by atoms with E-state index < -0.39 is 29.7 Å². The van der Waals surface area contributed by atoms with E-state index in [-0.39, 0.29) is 18.8 Å². The van der Waals surface area contributed by atoms with Gasteiger partial charge < -0.3 is 20.8 Å². The van der Waals surface area contributed by atoms with Crippen LogP contribution in [0.5, 0.6) is 0 Å². The third-order valence-corrected chi connectivity index (χ3v) is 5.79. The van der Waals surface area contributed by atoms with Crippen molar-refractivity contribution < 1.29 is 18.3 Å². The van der Waals surface area contributed by atoms with Crippen molar-refractivity contribution in [1.82, 2.24) is 15.3 Å². The van der Waals surface area contributed by atoms with Crippen LogP contribution in [0.1, 0.15) is 34.2 Å². The molecule has 0 bridgehead atoms. The maximum absolute atomic E-state index is 13.7. The molecule has 4 rings (SSSR count). The van der Waals surface area contributed by atoms with E-state index >= 15 is 0 Å². The number of nitrogens with two attached hydrogens (primary N) is 1. The minimum absolute atomic E-state index is 0.0656. The SMILES string of the molecule is CCc1cccc(CNC[C@@H](OC(=O)c2nc3ccccc3[nH]2)[C@@H](N)Cc2cc(F)cc(F)c2)c1. The van der Waals surface area contributed by atoms with Gasteiger partial charge in [-0.1, -0.05) is 43.3 Å². The number of fused-ring (bicyclic) bond motifs is 1. The van der Waals surface area contributed by atoms with Gasteiger partial charge in [-0.3, -0.25) is 0 Å². The lowest BCUT2D eigenvalue weighted by Gasteiger charge is -2.24. The highest BCUT2D eigenvalue weighted by Crippen LogP contribution is 2.15. The van der Waals surface area contributed by atoms with Crippen LogP contribution >= 0.6 is 0 Å². The number of aryl methyl sites for hydroxylation is 1. The molecular formula is C27H28F2N4O2. The van der Waals surface area contributed by atoms with Gasteiger partial charge in [-0.2, -0.15) is 0 Å². The number of carbonyl (C=O) groups excluding carboxylic acids is 1. The fourth-order valence-corrected chi connectivity index (χ4v) is 3.97. The van der Waals surface area contributed by atoms with Crippen molar-refractivity contribution in [3.8, 4) is 0 Å². The highest BCUT2D eigenvalue weighted by Gasteiger charge is 2.25. The van der Waals surface area contributed by atoms with Crippen LogP contribution in [-0.2, 0) is 24.1 Å². The first-order valence-corrected chi connectivity index (χ1v) is 11.6. The standard InChI is InChI=1S/C27H28F2N4O2/c1-2-17-6-5-7-18(10-17)15-31-16-25(22(30)13-19-11-20(28)14-21(29)12-19)35-27(34)26-32-23-8-3-4-9-24(23)33-26/h3-12,14,22,25,31H,2,13,15-16,30H2,1H3,(H,32,33)/t22-,25+/m0/s1. The topological polar surface area (TPSA) is 93.0 Å². The first kappa shape index (κ1) is 24.5. The van der Waals surface area contributed by atoms with Gasteiger partial charge in [0.15, 0.2) is 0 Å². The van der Waals surface area contributed by atoms with E-state index in [0.29, 0.717) is 23.1 Å². The molecule has 0 radical (unpaired) electrons. The van der Waals surface area contributed by atoms with Crippen LogP contribution in [0.25, 0.3) is 11.0 Å².